The lowest BCUT2D eigenvalue weighted by molar-refractivity contribution is -0.121. The van der Waals surface area contributed by atoms with Crippen molar-refractivity contribution in [1.29, 1.82) is 0 Å². The normalized spacial score (nSPS) is 10.8. The molecule has 0 spiro atoms. The molecular weight excluding hydrogens is 475 g/mol. The fraction of sp³-hybridized carbons (Fsp3) is 0.250. The highest BCUT2D eigenvalue weighted by Crippen LogP contribution is 2.27. The molecule has 1 amide bonds. The lowest BCUT2D eigenvalue weighted by atomic mass is 10.1. The van der Waals surface area contributed by atoms with Crippen LogP contribution in [0.4, 0.5) is 4.39 Å². The molecule has 0 saturated heterocycles. The molecule has 0 unspecified atom stereocenters. The highest BCUT2D eigenvalue weighted by Gasteiger charge is 2.15. The molecule has 0 saturated carbocycles. The molecule has 1 heterocycles. The van der Waals surface area contributed by atoms with E-state index in [9.17, 15) is 9.18 Å². The molecule has 36 heavy (non-hydrogen) atoms. The fourth-order valence-electron chi connectivity index (χ4n) is 3.85. The molecule has 0 atom stereocenters. The summed E-state index contributed by atoms with van der Waals surface area (Å²) in [5.41, 5.74) is 2.54. The van der Waals surface area contributed by atoms with Gasteiger partial charge < -0.3 is 10.1 Å². The summed E-state index contributed by atoms with van der Waals surface area (Å²) in [4.78, 5) is 12.3. The smallest absolute Gasteiger partial charge is 0.220 e. The number of methoxy groups -OCH3 is 1. The summed E-state index contributed by atoms with van der Waals surface area (Å²) in [5, 5.41) is 12.5. The van der Waals surface area contributed by atoms with Gasteiger partial charge in [0, 0.05) is 36.4 Å². The maximum atomic E-state index is 14.1. The molecule has 0 fully saturated rings. The van der Waals surface area contributed by atoms with E-state index in [0.29, 0.717) is 35.9 Å². The second-order valence-electron chi connectivity index (χ2n) is 8.25. The third-order valence-electron chi connectivity index (χ3n) is 5.75. The number of aromatic nitrogens is 3. The minimum Gasteiger partial charge on any atom is -0.496 e. The summed E-state index contributed by atoms with van der Waals surface area (Å²) in [6.45, 7) is 0.438. The second-order valence-corrected chi connectivity index (χ2v) is 9.19. The van der Waals surface area contributed by atoms with E-state index in [1.165, 1.54) is 17.8 Å². The van der Waals surface area contributed by atoms with Crippen molar-refractivity contribution in [2.45, 2.75) is 43.1 Å². The van der Waals surface area contributed by atoms with E-state index in [2.05, 4.69) is 15.5 Å². The van der Waals surface area contributed by atoms with Crippen molar-refractivity contribution >= 4 is 17.7 Å². The summed E-state index contributed by atoms with van der Waals surface area (Å²) < 4.78 is 21.4. The number of carbonyl (C=O) groups excluding carboxylic acids is 1. The zero-order valence-corrected chi connectivity index (χ0v) is 21.0. The van der Waals surface area contributed by atoms with Crippen LogP contribution in [-0.4, -0.2) is 27.8 Å². The summed E-state index contributed by atoms with van der Waals surface area (Å²) in [7, 11) is 1.62. The molecule has 186 valence electrons. The lowest BCUT2D eigenvalue weighted by Gasteiger charge is -2.11. The number of nitrogens with one attached hydrogen (secondary N) is 1. The molecule has 0 aliphatic carbocycles. The highest BCUT2D eigenvalue weighted by molar-refractivity contribution is 7.98. The Morgan fingerprint density at radius 3 is 2.44 bits per heavy atom. The third-order valence-corrected chi connectivity index (χ3v) is 6.73. The van der Waals surface area contributed by atoms with Gasteiger partial charge in [-0.25, -0.2) is 4.39 Å². The van der Waals surface area contributed by atoms with Gasteiger partial charge in [0.1, 0.15) is 17.4 Å². The molecule has 0 radical (unpaired) electrons. The van der Waals surface area contributed by atoms with Crippen LogP contribution in [0.2, 0.25) is 0 Å². The number of amides is 1. The Balaban J connectivity index is 1.33. The fourth-order valence-corrected chi connectivity index (χ4v) is 4.81. The quantitative estimate of drug-likeness (QED) is 0.197. The van der Waals surface area contributed by atoms with Crippen LogP contribution in [0.5, 0.6) is 5.75 Å². The van der Waals surface area contributed by atoms with Crippen molar-refractivity contribution in [1.82, 2.24) is 20.1 Å². The first-order chi connectivity index (χ1) is 17.7. The van der Waals surface area contributed by atoms with Gasteiger partial charge in [-0.05, 0) is 42.7 Å². The summed E-state index contributed by atoms with van der Waals surface area (Å²) >= 11 is 1.46. The molecule has 6 nitrogen and oxygen atoms in total. The maximum Gasteiger partial charge on any atom is 0.220 e. The largest absolute Gasteiger partial charge is 0.496 e. The predicted octanol–water partition coefficient (Wildman–Crippen LogP) is 5.74. The number of benzene rings is 3. The zero-order valence-electron chi connectivity index (χ0n) is 20.2. The standard InChI is InChI=1S/C28H29FN4O2S/c1-35-25-16-8-6-11-21(25)19-30-27(34)18-10-9-17-26-31-32-28(33(26)23-13-3-2-4-14-23)36-20-22-12-5-7-15-24(22)29/h2-8,11-16H,9-10,17-20H2,1H3,(H,30,34). The first-order valence-corrected chi connectivity index (χ1v) is 12.9. The van der Waals surface area contributed by atoms with Gasteiger partial charge in [0.2, 0.25) is 5.91 Å². The molecule has 0 aliphatic rings. The van der Waals surface area contributed by atoms with E-state index < -0.39 is 0 Å². The van der Waals surface area contributed by atoms with Crippen LogP contribution in [0.15, 0.2) is 84.0 Å². The van der Waals surface area contributed by atoms with Crippen LogP contribution in [-0.2, 0) is 23.5 Å². The number of rotatable bonds is 12. The van der Waals surface area contributed by atoms with Crippen molar-refractivity contribution in [2.24, 2.45) is 0 Å². The van der Waals surface area contributed by atoms with Crippen molar-refractivity contribution in [3.63, 3.8) is 0 Å². The van der Waals surface area contributed by atoms with Crippen molar-refractivity contribution in [3.05, 3.63) is 102 Å². The number of halogens is 1. The SMILES string of the molecule is COc1ccccc1CNC(=O)CCCCc1nnc(SCc2ccccc2F)n1-c1ccccc1. The van der Waals surface area contributed by atoms with Gasteiger partial charge in [-0.2, -0.15) is 0 Å². The van der Waals surface area contributed by atoms with Crippen molar-refractivity contribution < 1.29 is 13.9 Å². The van der Waals surface area contributed by atoms with E-state index in [-0.39, 0.29) is 11.7 Å². The van der Waals surface area contributed by atoms with Gasteiger partial charge in [0.25, 0.3) is 0 Å². The van der Waals surface area contributed by atoms with Crippen LogP contribution < -0.4 is 10.1 Å². The number of ether oxygens (including phenoxy) is 1. The number of hydrogen-bond donors (Lipinski definition) is 1. The predicted molar refractivity (Wildman–Crippen MR) is 140 cm³/mol. The first kappa shape index (κ1) is 25.4. The van der Waals surface area contributed by atoms with Gasteiger partial charge >= 0.3 is 0 Å². The Kier molecular flexibility index (Phi) is 9.10. The third kappa shape index (κ3) is 6.73. The molecule has 4 aromatic rings. The van der Waals surface area contributed by atoms with E-state index >= 15 is 0 Å². The molecule has 8 heteroatoms. The van der Waals surface area contributed by atoms with Crippen molar-refractivity contribution in [3.8, 4) is 11.4 Å². The van der Waals surface area contributed by atoms with Crippen LogP contribution in [0.3, 0.4) is 0 Å². The number of hydrogen-bond acceptors (Lipinski definition) is 5. The molecule has 1 N–H and O–H groups in total. The highest BCUT2D eigenvalue weighted by atomic mass is 32.2. The van der Waals surface area contributed by atoms with Crippen LogP contribution >= 0.6 is 11.8 Å². The number of para-hydroxylation sites is 2. The van der Waals surface area contributed by atoms with Gasteiger partial charge in [-0.15, -0.1) is 10.2 Å². The van der Waals surface area contributed by atoms with Crippen LogP contribution in [0.25, 0.3) is 5.69 Å². The number of nitrogens with zero attached hydrogens (tertiary/aromatic N) is 3. The van der Waals surface area contributed by atoms with Crippen LogP contribution in [0.1, 0.15) is 36.2 Å². The van der Waals surface area contributed by atoms with E-state index in [0.717, 1.165) is 35.7 Å². The minimum atomic E-state index is -0.222. The van der Waals surface area contributed by atoms with Gasteiger partial charge in [0.15, 0.2) is 5.16 Å². The Morgan fingerprint density at radius 2 is 1.67 bits per heavy atom. The minimum absolute atomic E-state index is 0.00608. The number of aryl methyl sites for hydroxylation is 1. The summed E-state index contributed by atoms with van der Waals surface area (Å²) in [5.74, 6) is 1.84. The monoisotopic (exact) mass is 504 g/mol. The van der Waals surface area contributed by atoms with Crippen LogP contribution in [0, 0.1) is 5.82 Å². The van der Waals surface area contributed by atoms with Crippen molar-refractivity contribution in [2.75, 3.05) is 7.11 Å². The van der Waals surface area contributed by atoms with E-state index in [1.807, 2.05) is 65.2 Å². The Morgan fingerprint density at radius 1 is 0.944 bits per heavy atom. The zero-order chi connectivity index (χ0) is 25.2. The Hall–Kier alpha value is -3.65. The molecule has 4 rings (SSSR count). The number of thioether (sulfide) groups is 1. The average Bonchev–Trinajstić information content (AvgIpc) is 3.32. The first-order valence-electron chi connectivity index (χ1n) is 11.9. The van der Waals surface area contributed by atoms with E-state index in [1.54, 1.807) is 19.2 Å². The molecular formula is C28H29FN4O2S. The van der Waals surface area contributed by atoms with E-state index in [4.69, 9.17) is 4.74 Å². The lowest BCUT2D eigenvalue weighted by Crippen LogP contribution is -2.22. The van der Waals surface area contributed by atoms with Gasteiger partial charge in [0.05, 0.1) is 7.11 Å². The number of unbranched alkanes of at least 4 members (excludes halogenated alkanes) is 1. The molecule has 1 aromatic heterocycles. The van der Waals surface area contributed by atoms with Gasteiger partial charge in [-0.1, -0.05) is 66.4 Å². The average molecular weight is 505 g/mol. The second kappa shape index (κ2) is 12.9. The Labute approximate surface area is 214 Å². The van der Waals surface area contributed by atoms with Gasteiger partial charge in [-0.3, -0.25) is 9.36 Å². The molecule has 3 aromatic carbocycles. The number of carbonyl (C=O) groups is 1. The molecule has 0 aliphatic heterocycles. The molecule has 0 bridgehead atoms. The Bertz CT molecular complexity index is 1280. The maximum absolute atomic E-state index is 14.1. The summed E-state index contributed by atoms with van der Waals surface area (Å²) in [6.07, 6.45) is 2.65. The summed E-state index contributed by atoms with van der Waals surface area (Å²) in [6, 6.07) is 24.3. The topological polar surface area (TPSA) is 69.0 Å².